The minimum absolute atomic E-state index is 0.305. The van der Waals surface area contributed by atoms with Crippen molar-refractivity contribution in [2.75, 3.05) is 17.2 Å². The molecule has 1 aliphatic rings. The van der Waals surface area contributed by atoms with E-state index in [1.54, 1.807) is 0 Å². The summed E-state index contributed by atoms with van der Waals surface area (Å²) in [6.45, 7) is 5.09. The van der Waals surface area contributed by atoms with E-state index in [1.807, 2.05) is 0 Å². The standard InChI is InChI=1S/C10H14FN3/c1-6-4-12-9-3-8(11)5-13-10(9)14-7(6)2/h3,5-7,12H,4H2,1-2H3,(H,13,14). The van der Waals surface area contributed by atoms with Gasteiger partial charge in [0.05, 0.1) is 11.9 Å². The third kappa shape index (κ3) is 1.64. The molecule has 2 heterocycles. The molecule has 0 aromatic carbocycles. The van der Waals surface area contributed by atoms with Crippen molar-refractivity contribution >= 4 is 11.5 Å². The van der Waals surface area contributed by atoms with Crippen LogP contribution in [0.15, 0.2) is 12.3 Å². The molecular formula is C10H14FN3. The normalized spacial score (nSPS) is 25.6. The van der Waals surface area contributed by atoms with Crippen molar-refractivity contribution in [3.05, 3.63) is 18.1 Å². The van der Waals surface area contributed by atoms with Crippen LogP contribution in [0.5, 0.6) is 0 Å². The second kappa shape index (κ2) is 3.44. The highest BCUT2D eigenvalue weighted by atomic mass is 19.1. The molecular weight excluding hydrogens is 181 g/mol. The Morgan fingerprint density at radius 3 is 3.07 bits per heavy atom. The number of rotatable bonds is 0. The van der Waals surface area contributed by atoms with E-state index in [1.165, 1.54) is 12.3 Å². The lowest BCUT2D eigenvalue weighted by molar-refractivity contribution is 0.541. The van der Waals surface area contributed by atoms with Crippen molar-refractivity contribution in [2.45, 2.75) is 19.9 Å². The summed E-state index contributed by atoms with van der Waals surface area (Å²) >= 11 is 0. The van der Waals surface area contributed by atoms with E-state index in [-0.39, 0.29) is 5.82 Å². The van der Waals surface area contributed by atoms with Crippen LogP contribution in [0.1, 0.15) is 13.8 Å². The van der Waals surface area contributed by atoms with Crippen molar-refractivity contribution in [3.63, 3.8) is 0 Å². The minimum atomic E-state index is -0.305. The first-order valence-electron chi connectivity index (χ1n) is 4.83. The number of hydrogen-bond donors (Lipinski definition) is 2. The van der Waals surface area contributed by atoms with Gasteiger partial charge in [-0.05, 0) is 12.8 Å². The quantitative estimate of drug-likeness (QED) is 0.665. The number of halogens is 1. The van der Waals surface area contributed by atoms with Crippen LogP contribution in [0.25, 0.3) is 0 Å². The molecule has 1 aromatic rings. The van der Waals surface area contributed by atoms with Gasteiger partial charge in [0.2, 0.25) is 0 Å². The lowest BCUT2D eigenvalue weighted by atomic mass is 10.1. The largest absolute Gasteiger partial charge is 0.382 e. The van der Waals surface area contributed by atoms with E-state index in [9.17, 15) is 4.39 Å². The highest BCUT2D eigenvalue weighted by Crippen LogP contribution is 2.25. The fourth-order valence-electron chi connectivity index (χ4n) is 1.49. The molecule has 14 heavy (non-hydrogen) atoms. The number of hydrogen-bond acceptors (Lipinski definition) is 3. The van der Waals surface area contributed by atoms with Gasteiger partial charge in [0.15, 0.2) is 0 Å². The van der Waals surface area contributed by atoms with E-state index < -0.39 is 0 Å². The molecule has 0 saturated heterocycles. The van der Waals surface area contributed by atoms with Crippen molar-refractivity contribution in [3.8, 4) is 0 Å². The highest BCUT2D eigenvalue weighted by molar-refractivity contribution is 5.65. The zero-order valence-corrected chi connectivity index (χ0v) is 8.34. The molecule has 0 saturated carbocycles. The van der Waals surface area contributed by atoms with Crippen LogP contribution in [0, 0.1) is 11.7 Å². The summed E-state index contributed by atoms with van der Waals surface area (Å²) in [5, 5.41) is 6.44. The van der Waals surface area contributed by atoms with Gasteiger partial charge in [-0.15, -0.1) is 0 Å². The van der Waals surface area contributed by atoms with Gasteiger partial charge in [0.25, 0.3) is 0 Å². The zero-order valence-electron chi connectivity index (χ0n) is 8.34. The molecule has 3 nitrogen and oxygen atoms in total. The molecule has 0 spiro atoms. The lowest BCUT2D eigenvalue weighted by Crippen LogP contribution is -2.25. The molecule has 76 valence electrons. The molecule has 0 fully saturated rings. The minimum Gasteiger partial charge on any atom is -0.382 e. The molecule has 1 aliphatic heterocycles. The second-order valence-corrected chi connectivity index (χ2v) is 3.84. The maximum atomic E-state index is 12.9. The van der Waals surface area contributed by atoms with Crippen LogP contribution < -0.4 is 10.6 Å². The van der Waals surface area contributed by atoms with E-state index in [2.05, 4.69) is 29.5 Å². The molecule has 4 heteroatoms. The van der Waals surface area contributed by atoms with Crippen LogP contribution in [0.3, 0.4) is 0 Å². The van der Waals surface area contributed by atoms with Gasteiger partial charge in [-0.3, -0.25) is 0 Å². The fraction of sp³-hybridized carbons (Fsp3) is 0.500. The summed E-state index contributed by atoms with van der Waals surface area (Å²) in [7, 11) is 0. The predicted octanol–water partition coefficient (Wildman–Crippen LogP) is 2.08. The third-order valence-electron chi connectivity index (χ3n) is 2.69. The van der Waals surface area contributed by atoms with Gasteiger partial charge in [-0.2, -0.15) is 0 Å². The van der Waals surface area contributed by atoms with E-state index in [0.29, 0.717) is 12.0 Å². The molecule has 0 aliphatic carbocycles. The van der Waals surface area contributed by atoms with Gasteiger partial charge in [-0.25, -0.2) is 9.37 Å². The zero-order chi connectivity index (χ0) is 10.1. The van der Waals surface area contributed by atoms with Crippen LogP contribution in [-0.2, 0) is 0 Å². The topological polar surface area (TPSA) is 37.0 Å². The van der Waals surface area contributed by atoms with Gasteiger partial charge in [0.1, 0.15) is 11.6 Å². The number of nitrogens with one attached hydrogen (secondary N) is 2. The predicted molar refractivity (Wildman–Crippen MR) is 54.9 cm³/mol. The Balaban J connectivity index is 2.33. The van der Waals surface area contributed by atoms with E-state index in [0.717, 1.165) is 18.1 Å². The summed E-state index contributed by atoms with van der Waals surface area (Å²) in [5.74, 6) is 0.927. The van der Waals surface area contributed by atoms with Crippen LogP contribution in [0.4, 0.5) is 15.9 Å². The molecule has 2 unspecified atom stereocenters. The smallest absolute Gasteiger partial charge is 0.149 e. The summed E-state index contributed by atoms with van der Waals surface area (Å²) in [6.07, 6.45) is 1.23. The van der Waals surface area contributed by atoms with E-state index in [4.69, 9.17) is 0 Å². The number of aromatic nitrogens is 1. The molecule has 2 rings (SSSR count). The third-order valence-corrected chi connectivity index (χ3v) is 2.69. The Labute approximate surface area is 82.7 Å². The maximum Gasteiger partial charge on any atom is 0.149 e. The number of pyridine rings is 1. The first kappa shape index (κ1) is 9.24. The Bertz CT molecular complexity index is 340. The molecule has 2 atom stereocenters. The second-order valence-electron chi connectivity index (χ2n) is 3.84. The molecule has 0 radical (unpaired) electrons. The van der Waals surface area contributed by atoms with Gasteiger partial charge in [0, 0.05) is 18.7 Å². The first-order chi connectivity index (χ1) is 6.66. The van der Waals surface area contributed by atoms with Crippen LogP contribution >= 0.6 is 0 Å². The Hall–Kier alpha value is -1.32. The average Bonchev–Trinajstić information content (AvgIpc) is 2.29. The first-order valence-corrected chi connectivity index (χ1v) is 4.83. The van der Waals surface area contributed by atoms with Crippen molar-refractivity contribution < 1.29 is 4.39 Å². The fourth-order valence-corrected chi connectivity index (χ4v) is 1.49. The Morgan fingerprint density at radius 1 is 1.50 bits per heavy atom. The highest BCUT2D eigenvalue weighted by Gasteiger charge is 2.19. The molecule has 2 N–H and O–H groups in total. The van der Waals surface area contributed by atoms with Crippen LogP contribution in [0.2, 0.25) is 0 Å². The monoisotopic (exact) mass is 195 g/mol. The van der Waals surface area contributed by atoms with Gasteiger partial charge < -0.3 is 10.6 Å². The van der Waals surface area contributed by atoms with Gasteiger partial charge >= 0.3 is 0 Å². The Kier molecular flexibility index (Phi) is 2.27. The summed E-state index contributed by atoms with van der Waals surface area (Å²) in [6, 6.07) is 1.82. The van der Waals surface area contributed by atoms with Gasteiger partial charge in [-0.1, -0.05) is 6.92 Å². The number of anilines is 2. The molecule has 0 amide bonds. The molecule has 1 aromatic heterocycles. The maximum absolute atomic E-state index is 12.9. The van der Waals surface area contributed by atoms with Crippen molar-refractivity contribution in [1.82, 2.24) is 4.98 Å². The molecule has 0 bridgehead atoms. The summed E-state index contributed by atoms with van der Waals surface area (Å²) in [4.78, 5) is 4.02. The van der Waals surface area contributed by atoms with Crippen molar-refractivity contribution in [2.24, 2.45) is 5.92 Å². The lowest BCUT2D eigenvalue weighted by Gasteiger charge is -2.17. The van der Waals surface area contributed by atoms with Crippen molar-refractivity contribution in [1.29, 1.82) is 0 Å². The number of nitrogens with zero attached hydrogens (tertiary/aromatic N) is 1. The van der Waals surface area contributed by atoms with Crippen LogP contribution in [-0.4, -0.2) is 17.6 Å². The SMILES string of the molecule is CC1CNc2cc(F)cnc2NC1C. The number of fused-ring (bicyclic) bond motifs is 1. The Morgan fingerprint density at radius 2 is 2.29 bits per heavy atom. The summed E-state index contributed by atoms with van der Waals surface area (Å²) < 4.78 is 12.9. The van der Waals surface area contributed by atoms with E-state index >= 15 is 0 Å². The average molecular weight is 195 g/mol. The summed E-state index contributed by atoms with van der Waals surface area (Å²) in [5.41, 5.74) is 0.751.